The molecule has 6 heteroatoms. The number of benzene rings is 2. The molecule has 0 saturated heterocycles. The van der Waals surface area contributed by atoms with Crippen molar-refractivity contribution >= 4 is 22.5 Å². The Morgan fingerprint density at radius 1 is 0.929 bits per heavy atom. The summed E-state index contributed by atoms with van der Waals surface area (Å²) in [5.41, 5.74) is 1.85. The Morgan fingerprint density at radius 3 is 2.46 bits per heavy atom. The maximum atomic E-state index is 12.5. The molecule has 28 heavy (non-hydrogen) atoms. The van der Waals surface area contributed by atoms with Crippen molar-refractivity contribution in [3.05, 3.63) is 111 Å². The van der Waals surface area contributed by atoms with E-state index in [1.807, 2.05) is 18.2 Å². The highest BCUT2D eigenvalue weighted by molar-refractivity contribution is 6.05. The van der Waals surface area contributed by atoms with Crippen LogP contribution < -0.4 is 16.3 Å². The standard InChI is InChI=1S/C22H17N3O3/c26-20-7-3-4-12-25(20)14-15-8-10-16(11-9-15)24-22(28)18-13-23-19-6-2-1-5-17(19)21(18)27/h1-13H,14H2,(H,23,27)(H,24,28). The van der Waals surface area contributed by atoms with Crippen molar-refractivity contribution in [2.45, 2.75) is 6.54 Å². The molecular formula is C22H17N3O3. The number of amides is 1. The number of fused-ring (bicyclic) bond motifs is 1. The second kappa shape index (κ2) is 7.36. The number of aromatic amines is 1. The third kappa shape index (κ3) is 3.48. The Hall–Kier alpha value is -3.93. The largest absolute Gasteiger partial charge is 0.360 e. The number of aromatic nitrogens is 2. The minimum Gasteiger partial charge on any atom is -0.360 e. The van der Waals surface area contributed by atoms with Crippen LogP contribution in [0.5, 0.6) is 0 Å². The highest BCUT2D eigenvalue weighted by Crippen LogP contribution is 2.12. The van der Waals surface area contributed by atoms with Crippen molar-refractivity contribution in [2.24, 2.45) is 0 Å². The SMILES string of the molecule is O=C(Nc1ccc(Cn2ccccc2=O)cc1)c1c[nH]c2ccccc2c1=O. The topological polar surface area (TPSA) is 84.0 Å². The van der Waals surface area contributed by atoms with Crippen LogP contribution in [0.1, 0.15) is 15.9 Å². The fraction of sp³-hybridized carbons (Fsp3) is 0.0455. The number of carbonyl (C=O) groups excluding carboxylic acids is 1. The van der Waals surface area contributed by atoms with Crippen LogP contribution in [0.3, 0.4) is 0 Å². The van der Waals surface area contributed by atoms with Gasteiger partial charge in [0.05, 0.1) is 6.54 Å². The molecule has 2 aromatic carbocycles. The monoisotopic (exact) mass is 371 g/mol. The molecule has 0 atom stereocenters. The lowest BCUT2D eigenvalue weighted by atomic mass is 10.1. The maximum Gasteiger partial charge on any atom is 0.261 e. The average molecular weight is 371 g/mol. The summed E-state index contributed by atoms with van der Waals surface area (Å²) >= 11 is 0. The molecule has 2 aromatic heterocycles. The number of hydrogen-bond acceptors (Lipinski definition) is 3. The number of nitrogens with one attached hydrogen (secondary N) is 2. The number of para-hydroxylation sites is 1. The summed E-state index contributed by atoms with van der Waals surface area (Å²) in [6, 6.07) is 19.2. The first-order chi connectivity index (χ1) is 13.6. The predicted octanol–water partition coefficient (Wildman–Crippen LogP) is 2.99. The first-order valence-electron chi connectivity index (χ1n) is 8.78. The smallest absolute Gasteiger partial charge is 0.261 e. The molecule has 1 amide bonds. The Labute approximate surface area is 160 Å². The Kier molecular flexibility index (Phi) is 4.60. The van der Waals surface area contributed by atoms with Gasteiger partial charge >= 0.3 is 0 Å². The van der Waals surface area contributed by atoms with Crippen LogP contribution in [-0.4, -0.2) is 15.5 Å². The van der Waals surface area contributed by atoms with Crippen LogP contribution in [0.15, 0.2) is 88.7 Å². The quantitative estimate of drug-likeness (QED) is 0.578. The second-order valence-electron chi connectivity index (χ2n) is 6.39. The van der Waals surface area contributed by atoms with E-state index in [4.69, 9.17) is 0 Å². The number of hydrogen-bond donors (Lipinski definition) is 2. The fourth-order valence-electron chi connectivity index (χ4n) is 3.02. The van der Waals surface area contributed by atoms with Gasteiger partial charge in [0.15, 0.2) is 0 Å². The van der Waals surface area contributed by atoms with Gasteiger partial charge in [-0.25, -0.2) is 0 Å². The van der Waals surface area contributed by atoms with Gasteiger partial charge in [0.1, 0.15) is 5.56 Å². The first kappa shape index (κ1) is 17.5. The van der Waals surface area contributed by atoms with Crippen LogP contribution in [0.4, 0.5) is 5.69 Å². The first-order valence-corrected chi connectivity index (χ1v) is 8.78. The van der Waals surface area contributed by atoms with Gasteiger partial charge in [-0.2, -0.15) is 0 Å². The van der Waals surface area contributed by atoms with E-state index in [9.17, 15) is 14.4 Å². The molecule has 0 aliphatic carbocycles. The number of nitrogens with zero attached hydrogens (tertiary/aromatic N) is 1. The van der Waals surface area contributed by atoms with E-state index in [-0.39, 0.29) is 16.6 Å². The van der Waals surface area contributed by atoms with E-state index >= 15 is 0 Å². The third-order valence-electron chi connectivity index (χ3n) is 4.50. The zero-order chi connectivity index (χ0) is 19.5. The highest BCUT2D eigenvalue weighted by atomic mass is 16.2. The number of H-pyrrole nitrogens is 1. The zero-order valence-electron chi connectivity index (χ0n) is 14.9. The Morgan fingerprint density at radius 2 is 1.68 bits per heavy atom. The predicted molar refractivity (Wildman–Crippen MR) is 109 cm³/mol. The molecule has 4 aromatic rings. The molecule has 0 aliphatic rings. The van der Waals surface area contributed by atoms with Crippen LogP contribution >= 0.6 is 0 Å². The Balaban J connectivity index is 1.52. The minimum absolute atomic E-state index is 0.0543. The van der Waals surface area contributed by atoms with E-state index in [1.165, 1.54) is 12.3 Å². The number of pyridine rings is 2. The maximum absolute atomic E-state index is 12.5. The van der Waals surface area contributed by atoms with Crippen molar-refractivity contribution in [1.29, 1.82) is 0 Å². The van der Waals surface area contributed by atoms with Crippen molar-refractivity contribution in [2.75, 3.05) is 5.32 Å². The molecule has 138 valence electrons. The van der Waals surface area contributed by atoms with Crippen LogP contribution in [0, 0.1) is 0 Å². The lowest BCUT2D eigenvalue weighted by molar-refractivity contribution is 0.102. The summed E-state index contributed by atoms with van der Waals surface area (Å²) in [5, 5.41) is 3.21. The van der Waals surface area contributed by atoms with E-state index < -0.39 is 5.91 Å². The summed E-state index contributed by atoms with van der Waals surface area (Å²) < 4.78 is 1.60. The van der Waals surface area contributed by atoms with Crippen LogP contribution in [-0.2, 0) is 6.54 Å². The number of rotatable bonds is 4. The van der Waals surface area contributed by atoms with Gasteiger partial charge in [0.2, 0.25) is 5.43 Å². The van der Waals surface area contributed by atoms with Crippen LogP contribution in [0.25, 0.3) is 10.9 Å². The van der Waals surface area contributed by atoms with Crippen molar-refractivity contribution in [3.63, 3.8) is 0 Å². The number of anilines is 1. The molecule has 2 heterocycles. The number of carbonyl (C=O) groups is 1. The molecule has 0 saturated carbocycles. The molecule has 0 unspecified atom stereocenters. The molecule has 0 bridgehead atoms. The lowest BCUT2D eigenvalue weighted by Gasteiger charge is -2.08. The van der Waals surface area contributed by atoms with Crippen molar-refractivity contribution < 1.29 is 4.79 Å². The fourth-order valence-corrected chi connectivity index (χ4v) is 3.02. The van der Waals surface area contributed by atoms with Crippen LogP contribution in [0.2, 0.25) is 0 Å². The van der Waals surface area contributed by atoms with Gasteiger partial charge in [-0.05, 0) is 35.9 Å². The summed E-state index contributed by atoms with van der Waals surface area (Å²) in [5.74, 6) is -0.473. The third-order valence-corrected chi connectivity index (χ3v) is 4.50. The molecule has 0 aliphatic heterocycles. The van der Waals surface area contributed by atoms with E-state index in [0.717, 1.165) is 5.56 Å². The highest BCUT2D eigenvalue weighted by Gasteiger charge is 2.13. The summed E-state index contributed by atoms with van der Waals surface area (Å²) in [4.78, 5) is 39.8. The Bertz CT molecular complexity index is 1270. The summed E-state index contributed by atoms with van der Waals surface area (Å²) in [6.07, 6.45) is 3.15. The summed E-state index contributed by atoms with van der Waals surface area (Å²) in [6.45, 7) is 0.443. The minimum atomic E-state index is -0.473. The van der Waals surface area contributed by atoms with Gasteiger partial charge in [-0.15, -0.1) is 0 Å². The van der Waals surface area contributed by atoms with E-state index in [1.54, 1.807) is 53.2 Å². The van der Waals surface area contributed by atoms with E-state index in [0.29, 0.717) is 23.1 Å². The van der Waals surface area contributed by atoms with Gasteiger partial charge in [0.25, 0.3) is 11.5 Å². The molecule has 0 spiro atoms. The van der Waals surface area contributed by atoms with Gasteiger partial charge in [0, 0.05) is 35.1 Å². The molecular weight excluding hydrogens is 354 g/mol. The van der Waals surface area contributed by atoms with Gasteiger partial charge in [-0.3, -0.25) is 14.4 Å². The molecule has 6 nitrogen and oxygen atoms in total. The van der Waals surface area contributed by atoms with Crippen molar-refractivity contribution in [1.82, 2.24) is 9.55 Å². The van der Waals surface area contributed by atoms with Gasteiger partial charge in [-0.1, -0.05) is 30.3 Å². The molecule has 4 rings (SSSR count). The summed E-state index contributed by atoms with van der Waals surface area (Å²) in [7, 11) is 0. The normalized spacial score (nSPS) is 10.7. The molecule has 0 fully saturated rings. The zero-order valence-corrected chi connectivity index (χ0v) is 14.9. The lowest BCUT2D eigenvalue weighted by Crippen LogP contribution is -2.22. The van der Waals surface area contributed by atoms with Gasteiger partial charge < -0.3 is 14.9 Å². The van der Waals surface area contributed by atoms with E-state index in [2.05, 4.69) is 10.3 Å². The second-order valence-corrected chi connectivity index (χ2v) is 6.39. The van der Waals surface area contributed by atoms with Crippen molar-refractivity contribution in [3.8, 4) is 0 Å². The average Bonchev–Trinajstić information content (AvgIpc) is 2.71. The molecule has 2 N–H and O–H groups in total. The molecule has 0 radical (unpaired) electrons.